The third-order valence-corrected chi connectivity index (χ3v) is 6.33. The van der Waals surface area contributed by atoms with Crippen molar-refractivity contribution in [1.82, 2.24) is 20.7 Å². The van der Waals surface area contributed by atoms with Crippen LogP contribution in [0.3, 0.4) is 0 Å². The third kappa shape index (κ3) is 3.97. The van der Waals surface area contributed by atoms with Crippen molar-refractivity contribution < 1.29 is 4.79 Å². The van der Waals surface area contributed by atoms with Gasteiger partial charge in [-0.05, 0) is 28.3 Å². The first kappa shape index (κ1) is 19.2. The number of hydrogen-bond donors (Lipinski definition) is 2. The van der Waals surface area contributed by atoms with Crippen LogP contribution in [0.25, 0.3) is 10.8 Å². The standard InChI is InChI=1S/C25H28N4O/c30-25(29-15-13-28(14-16-29)18-19-7-2-1-3-8-19)24-17-23(26-27-24)22-12-6-10-20-9-4-5-11-21(20)22/h1-12,23-24,26-27H,13-18H2. The van der Waals surface area contributed by atoms with Crippen molar-refractivity contribution >= 4 is 16.7 Å². The molecular weight excluding hydrogens is 372 g/mol. The second-order valence-electron chi connectivity index (χ2n) is 8.28. The fourth-order valence-corrected chi connectivity index (χ4v) is 4.66. The van der Waals surface area contributed by atoms with Gasteiger partial charge < -0.3 is 4.90 Å². The molecule has 0 spiro atoms. The van der Waals surface area contributed by atoms with Crippen LogP contribution in [-0.4, -0.2) is 47.9 Å². The minimum Gasteiger partial charge on any atom is -0.339 e. The molecule has 0 bridgehead atoms. The molecule has 0 saturated carbocycles. The molecule has 2 heterocycles. The Morgan fingerprint density at radius 2 is 1.57 bits per heavy atom. The van der Waals surface area contributed by atoms with Crippen LogP contribution in [0.15, 0.2) is 72.8 Å². The number of nitrogens with zero attached hydrogens (tertiary/aromatic N) is 2. The second-order valence-corrected chi connectivity index (χ2v) is 8.28. The number of rotatable bonds is 4. The van der Waals surface area contributed by atoms with Crippen molar-refractivity contribution in [3.05, 3.63) is 83.9 Å². The molecule has 154 valence electrons. The molecule has 5 nitrogen and oxygen atoms in total. The number of piperazine rings is 1. The number of hydrazine groups is 1. The fourth-order valence-electron chi connectivity index (χ4n) is 4.66. The Bertz CT molecular complexity index is 1010. The molecule has 0 radical (unpaired) electrons. The summed E-state index contributed by atoms with van der Waals surface area (Å²) in [7, 11) is 0. The van der Waals surface area contributed by atoms with Gasteiger partial charge in [-0.1, -0.05) is 72.8 Å². The summed E-state index contributed by atoms with van der Waals surface area (Å²) in [5, 5.41) is 2.49. The van der Waals surface area contributed by atoms with E-state index in [1.165, 1.54) is 21.9 Å². The summed E-state index contributed by atoms with van der Waals surface area (Å²) >= 11 is 0. The van der Waals surface area contributed by atoms with E-state index in [1.807, 2.05) is 11.0 Å². The fraction of sp³-hybridized carbons (Fsp3) is 0.320. The highest BCUT2D eigenvalue weighted by Gasteiger charge is 2.34. The molecule has 3 aromatic carbocycles. The quantitative estimate of drug-likeness (QED) is 0.707. The van der Waals surface area contributed by atoms with E-state index < -0.39 is 0 Å². The number of benzene rings is 3. The number of carbonyl (C=O) groups excluding carboxylic acids is 1. The van der Waals surface area contributed by atoms with Gasteiger partial charge in [0.05, 0.1) is 0 Å². The number of nitrogens with one attached hydrogen (secondary N) is 2. The van der Waals surface area contributed by atoms with E-state index >= 15 is 0 Å². The molecule has 3 aromatic rings. The molecule has 2 saturated heterocycles. The van der Waals surface area contributed by atoms with Crippen LogP contribution >= 0.6 is 0 Å². The minimum absolute atomic E-state index is 0.143. The summed E-state index contributed by atoms with van der Waals surface area (Å²) in [4.78, 5) is 17.6. The largest absolute Gasteiger partial charge is 0.339 e. The maximum Gasteiger partial charge on any atom is 0.241 e. The molecule has 2 fully saturated rings. The van der Waals surface area contributed by atoms with E-state index in [1.54, 1.807) is 0 Å². The predicted octanol–water partition coefficient (Wildman–Crippen LogP) is 3.09. The van der Waals surface area contributed by atoms with Gasteiger partial charge in [0.25, 0.3) is 0 Å². The molecule has 30 heavy (non-hydrogen) atoms. The van der Waals surface area contributed by atoms with Gasteiger partial charge in [0.2, 0.25) is 5.91 Å². The van der Waals surface area contributed by atoms with Crippen LogP contribution in [0.5, 0.6) is 0 Å². The number of carbonyl (C=O) groups is 1. The molecule has 0 aliphatic carbocycles. The van der Waals surface area contributed by atoms with Crippen LogP contribution in [0.1, 0.15) is 23.6 Å². The molecule has 5 heteroatoms. The molecule has 2 unspecified atom stereocenters. The highest BCUT2D eigenvalue weighted by molar-refractivity contribution is 5.87. The van der Waals surface area contributed by atoms with E-state index in [9.17, 15) is 4.79 Å². The molecule has 2 N–H and O–H groups in total. The van der Waals surface area contributed by atoms with Crippen LogP contribution in [0.4, 0.5) is 0 Å². The van der Waals surface area contributed by atoms with Crippen molar-refractivity contribution in [3.63, 3.8) is 0 Å². The lowest BCUT2D eigenvalue weighted by Gasteiger charge is -2.35. The molecule has 0 aromatic heterocycles. The van der Waals surface area contributed by atoms with Crippen molar-refractivity contribution in [2.75, 3.05) is 26.2 Å². The molecule has 5 rings (SSSR count). The van der Waals surface area contributed by atoms with Gasteiger partial charge in [0.15, 0.2) is 0 Å². The lowest BCUT2D eigenvalue weighted by molar-refractivity contribution is -0.135. The van der Waals surface area contributed by atoms with Gasteiger partial charge >= 0.3 is 0 Å². The normalized spacial score (nSPS) is 22.5. The van der Waals surface area contributed by atoms with Crippen molar-refractivity contribution in [2.24, 2.45) is 0 Å². The Kier molecular flexibility index (Phi) is 5.49. The molecular formula is C25H28N4O. The number of hydrogen-bond acceptors (Lipinski definition) is 4. The van der Waals surface area contributed by atoms with E-state index in [0.29, 0.717) is 0 Å². The molecule has 2 aliphatic heterocycles. The van der Waals surface area contributed by atoms with Gasteiger partial charge in [0.1, 0.15) is 6.04 Å². The highest BCUT2D eigenvalue weighted by Crippen LogP contribution is 2.29. The Morgan fingerprint density at radius 1 is 0.833 bits per heavy atom. The van der Waals surface area contributed by atoms with Gasteiger partial charge in [-0.3, -0.25) is 9.69 Å². The Labute approximate surface area is 177 Å². The summed E-state index contributed by atoms with van der Waals surface area (Å²) in [6.45, 7) is 4.39. The lowest BCUT2D eigenvalue weighted by atomic mass is 9.96. The predicted molar refractivity (Wildman–Crippen MR) is 120 cm³/mol. The SMILES string of the molecule is O=C(C1CC(c2cccc3ccccc23)NN1)N1CCN(Cc2ccccc2)CC1. The maximum absolute atomic E-state index is 13.1. The number of fused-ring (bicyclic) bond motifs is 1. The monoisotopic (exact) mass is 400 g/mol. The highest BCUT2D eigenvalue weighted by atomic mass is 16.2. The molecule has 2 atom stereocenters. The van der Waals surface area contributed by atoms with Crippen molar-refractivity contribution in [3.8, 4) is 0 Å². The van der Waals surface area contributed by atoms with E-state index in [-0.39, 0.29) is 18.0 Å². The summed E-state index contributed by atoms with van der Waals surface area (Å²) in [5.74, 6) is 0.213. The summed E-state index contributed by atoms with van der Waals surface area (Å²) < 4.78 is 0. The van der Waals surface area contributed by atoms with Gasteiger partial charge in [-0.25, -0.2) is 10.9 Å². The number of amides is 1. The van der Waals surface area contributed by atoms with E-state index in [0.717, 1.165) is 39.1 Å². The zero-order valence-corrected chi connectivity index (χ0v) is 17.1. The van der Waals surface area contributed by atoms with Crippen molar-refractivity contribution in [1.29, 1.82) is 0 Å². The van der Waals surface area contributed by atoms with Gasteiger partial charge in [-0.2, -0.15) is 0 Å². The van der Waals surface area contributed by atoms with Crippen LogP contribution in [0.2, 0.25) is 0 Å². The van der Waals surface area contributed by atoms with E-state index in [2.05, 4.69) is 82.5 Å². The molecule has 2 aliphatic rings. The minimum atomic E-state index is -0.172. The first-order chi connectivity index (χ1) is 14.8. The lowest BCUT2D eigenvalue weighted by Crippen LogP contribution is -2.53. The maximum atomic E-state index is 13.1. The second kappa shape index (κ2) is 8.56. The first-order valence-electron chi connectivity index (χ1n) is 10.8. The first-order valence-corrected chi connectivity index (χ1v) is 10.8. The zero-order chi connectivity index (χ0) is 20.3. The van der Waals surface area contributed by atoms with Crippen LogP contribution in [0, 0.1) is 0 Å². The topological polar surface area (TPSA) is 47.6 Å². The summed E-state index contributed by atoms with van der Waals surface area (Å²) in [6, 6.07) is 25.4. The smallest absolute Gasteiger partial charge is 0.241 e. The van der Waals surface area contributed by atoms with Gasteiger partial charge in [-0.15, -0.1) is 0 Å². The summed E-state index contributed by atoms with van der Waals surface area (Å²) in [5.41, 5.74) is 9.22. The Morgan fingerprint density at radius 3 is 2.40 bits per heavy atom. The third-order valence-electron chi connectivity index (χ3n) is 6.33. The summed E-state index contributed by atoms with van der Waals surface area (Å²) in [6.07, 6.45) is 0.775. The zero-order valence-electron chi connectivity index (χ0n) is 17.1. The van der Waals surface area contributed by atoms with Crippen LogP contribution < -0.4 is 10.9 Å². The Hall–Kier alpha value is -2.73. The van der Waals surface area contributed by atoms with Gasteiger partial charge in [0, 0.05) is 38.8 Å². The average Bonchev–Trinajstić information content (AvgIpc) is 3.29. The van der Waals surface area contributed by atoms with Crippen LogP contribution in [-0.2, 0) is 11.3 Å². The Balaban J connectivity index is 1.19. The van der Waals surface area contributed by atoms with Crippen molar-refractivity contribution in [2.45, 2.75) is 25.0 Å². The molecule has 1 amide bonds. The van der Waals surface area contributed by atoms with E-state index in [4.69, 9.17) is 0 Å². The average molecular weight is 401 g/mol.